The summed E-state index contributed by atoms with van der Waals surface area (Å²) in [7, 11) is 1.47. The fourth-order valence-corrected chi connectivity index (χ4v) is 3.30. The van der Waals surface area contributed by atoms with Gasteiger partial charge in [-0.1, -0.05) is 11.2 Å². The second-order valence-electron chi connectivity index (χ2n) is 7.85. The summed E-state index contributed by atoms with van der Waals surface area (Å²) in [6.07, 6.45) is -3.84. The molecule has 0 radical (unpaired) electrons. The maximum absolute atomic E-state index is 13.2. The molecule has 3 aromatic rings. The normalized spacial score (nSPS) is 18.0. The van der Waals surface area contributed by atoms with E-state index >= 15 is 0 Å². The Kier molecular flexibility index (Phi) is 6.34. The minimum atomic E-state index is -4.73. The molecular formula is C20H19F3N8O4. The van der Waals surface area contributed by atoms with E-state index in [1.165, 1.54) is 22.8 Å². The Labute approximate surface area is 196 Å². The third-order valence-corrected chi connectivity index (χ3v) is 4.97. The van der Waals surface area contributed by atoms with Gasteiger partial charge in [-0.3, -0.25) is 15.0 Å². The Bertz CT molecular complexity index is 1240. The summed E-state index contributed by atoms with van der Waals surface area (Å²) in [5, 5.41) is 13.0. The molecule has 1 unspecified atom stereocenters. The van der Waals surface area contributed by atoms with Gasteiger partial charge in [-0.25, -0.2) is 19.4 Å². The molecule has 4 rings (SSSR count). The smallest absolute Gasteiger partial charge is 0.433 e. The summed E-state index contributed by atoms with van der Waals surface area (Å²) >= 11 is 0. The topological polar surface area (TPSA) is 137 Å². The number of carbonyl (C=O) groups excluding carboxylic acids is 2. The summed E-state index contributed by atoms with van der Waals surface area (Å²) < 4.78 is 51.9. The maximum atomic E-state index is 13.2. The van der Waals surface area contributed by atoms with Gasteiger partial charge in [0.05, 0.1) is 31.0 Å². The average molecular weight is 492 g/mol. The third-order valence-electron chi connectivity index (χ3n) is 4.97. The van der Waals surface area contributed by atoms with Gasteiger partial charge in [0.15, 0.2) is 5.60 Å². The summed E-state index contributed by atoms with van der Waals surface area (Å²) in [6.45, 7) is 1.09. The molecule has 0 aromatic carbocycles. The first-order chi connectivity index (χ1) is 16.6. The monoisotopic (exact) mass is 492 g/mol. The van der Waals surface area contributed by atoms with Gasteiger partial charge in [-0.05, 0) is 41.6 Å². The van der Waals surface area contributed by atoms with E-state index in [0.29, 0.717) is 11.9 Å². The molecule has 4 heterocycles. The molecule has 0 spiro atoms. The van der Waals surface area contributed by atoms with Crippen molar-refractivity contribution in [3.8, 4) is 0 Å². The van der Waals surface area contributed by atoms with Crippen LogP contribution in [0.25, 0.3) is 0 Å². The first kappa shape index (κ1) is 24.0. The Hall–Kier alpha value is -4.14. The lowest BCUT2D eigenvalue weighted by Gasteiger charge is -2.22. The lowest BCUT2D eigenvalue weighted by atomic mass is 10.1. The number of nitrogens with one attached hydrogen (secondary N) is 1. The van der Waals surface area contributed by atoms with Crippen molar-refractivity contribution in [1.82, 2.24) is 30.2 Å². The maximum Gasteiger partial charge on any atom is 0.433 e. The van der Waals surface area contributed by atoms with Gasteiger partial charge in [0.1, 0.15) is 11.5 Å². The Balaban J connectivity index is 1.49. The zero-order chi connectivity index (χ0) is 25.2. The van der Waals surface area contributed by atoms with E-state index in [2.05, 4.69) is 30.8 Å². The SMILES string of the molecule is Cn1nnnc1NC(=O)c1ccc(C(F)(F)F)nc1COCC1(C)CN(c2ccccn2)C(=O)O1. The van der Waals surface area contributed by atoms with Crippen LogP contribution in [-0.4, -0.2) is 60.9 Å². The minimum absolute atomic E-state index is 0.0123. The number of hydrogen-bond donors (Lipinski definition) is 1. The predicted octanol–water partition coefficient (Wildman–Crippen LogP) is 2.20. The summed E-state index contributed by atoms with van der Waals surface area (Å²) in [5.41, 5.74) is -2.72. The molecule has 1 aliphatic heterocycles. The van der Waals surface area contributed by atoms with Crippen LogP contribution in [0.4, 0.5) is 29.7 Å². The minimum Gasteiger partial charge on any atom is -0.438 e. The second kappa shape index (κ2) is 9.25. The number of cyclic esters (lactones) is 1. The van der Waals surface area contributed by atoms with Crippen molar-refractivity contribution in [2.75, 3.05) is 23.4 Å². The lowest BCUT2D eigenvalue weighted by molar-refractivity contribution is -0.141. The number of aromatic nitrogens is 6. The van der Waals surface area contributed by atoms with Gasteiger partial charge in [0, 0.05) is 13.2 Å². The number of tetrazole rings is 1. The number of pyridine rings is 2. The van der Waals surface area contributed by atoms with Gasteiger partial charge in [0.25, 0.3) is 5.91 Å². The van der Waals surface area contributed by atoms with Gasteiger partial charge in [-0.2, -0.15) is 13.2 Å². The quantitative estimate of drug-likeness (QED) is 0.526. The lowest BCUT2D eigenvalue weighted by Crippen LogP contribution is -2.36. The van der Waals surface area contributed by atoms with Gasteiger partial charge < -0.3 is 9.47 Å². The Morgan fingerprint density at radius 3 is 2.74 bits per heavy atom. The molecule has 0 aliphatic carbocycles. The van der Waals surface area contributed by atoms with Crippen molar-refractivity contribution in [2.45, 2.75) is 25.3 Å². The first-order valence-corrected chi connectivity index (χ1v) is 10.2. The van der Waals surface area contributed by atoms with Crippen LogP contribution < -0.4 is 10.2 Å². The van der Waals surface area contributed by atoms with Crippen LogP contribution in [0.15, 0.2) is 36.5 Å². The highest BCUT2D eigenvalue weighted by Crippen LogP contribution is 2.30. The van der Waals surface area contributed by atoms with E-state index in [1.807, 2.05) is 0 Å². The van der Waals surface area contributed by atoms with Crippen molar-refractivity contribution >= 4 is 23.8 Å². The molecule has 1 N–H and O–H groups in total. The zero-order valence-electron chi connectivity index (χ0n) is 18.5. The molecule has 15 heteroatoms. The molecule has 1 atom stereocenters. The van der Waals surface area contributed by atoms with Crippen LogP contribution in [0.2, 0.25) is 0 Å². The number of aryl methyl sites for hydroxylation is 1. The Morgan fingerprint density at radius 1 is 1.29 bits per heavy atom. The molecule has 12 nitrogen and oxygen atoms in total. The highest BCUT2D eigenvalue weighted by molar-refractivity contribution is 6.04. The summed E-state index contributed by atoms with van der Waals surface area (Å²) in [4.78, 5) is 34.0. The molecule has 0 saturated carbocycles. The van der Waals surface area contributed by atoms with Gasteiger partial charge in [0.2, 0.25) is 5.95 Å². The molecule has 1 aliphatic rings. The number of carbonyl (C=O) groups is 2. The van der Waals surface area contributed by atoms with E-state index in [9.17, 15) is 22.8 Å². The van der Waals surface area contributed by atoms with Crippen molar-refractivity contribution in [1.29, 1.82) is 0 Å². The molecule has 1 fully saturated rings. The molecule has 184 valence electrons. The molecule has 1 saturated heterocycles. The number of anilines is 2. The average Bonchev–Trinajstić information content (AvgIpc) is 3.35. The van der Waals surface area contributed by atoms with Gasteiger partial charge in [-0.15, -0.1) is 0 Å². The number of rotatable bonds is 7. The van der Waals surface area contributed by atoms with Crippen LogP contribution in [-0.2, 0) is 29.3 Å². The standard InChI is InChI=1S/C20H19F3N8O4/c1-19(10-31(18(33)35-19)15-5-3-4-8-24-15)11-34-9-13-12(6-7-14(25-13)20(21,22)23)16(32)26-17-27-28-29-30(17)2/h3-8H,9-11H2,1-2H3,(H,26,27,29,32). The van der Waals surface area contributed by atoms with Crippen molar-refractivity contribution in [3.05, 3.63) is 53.5 Å². The summed E-state index contributed by atoms with van der Waals surface area (Å²) in [5.74, 6) is -0.401. The van der Waals surface area contributed by atoms with Crippen LogP contribution in [0.3, 0.4) is 0 Å². The fraction of sp³-hybridized carbons (Fsp3) is 0.350. The molecule has 35 heavy (non-hydrogen) atoms. The fourth-order valence-electron chi connectivity index (χ4n) is 3.30. The number of alkyl halides is 3. The van der Waals surface area contributed by atoms with Crippen molar-refractivity contribution < 1.29 is 32.2 Å². The van der Waals surface area contributed by atoms with Gasteiger partial charge >= 0.3 is 12.3 Å². The van der Waals surface area contributed by atoms with Crippen molar-refractivity contribution in [3.63, 3.8) is 0 Å². The highest BCUT2D eigenvalue weighted by atomic mass is 19.4. The number of nitrogens with zero attached hydrogens (tertiary/aromatic N) is 7. The van der Waals surface area contributed by atoms with Crippen LogP contribution in [0.1, 0.15) is 28.7 Å². The number of amides is 2. The first-order valence-electron chi connectivity index (χ1n) is 10.2. The van der Waals surface area contributed by atoms with Crippen LogP contribution >= 0.6 is 0 Å². The molecule has 2 amide bonds. The third kappa shape index (κ3) is 5.34. The van der Waals surface area contributed by atoms with E-state index < -0.39 is 36.1 Å². The Morgan fingerprint density at radius 2 is 2.09 bits per heavy atom. The van der Waals surface area contributed by atoms with Crippen LogP contribution in [0.5, 0.6) is 0 Å². The predicted molar refractivity (Wildman–Crippen MR) is 112 cm³/mol. The largest absolute Gasteiger partial charge is 0.438 e. The highest BCUT2D eigenvalue weighted by Gasteiger charge is 2.43. The van der Waals surface area contributed by atoms with Crippen LogP contribution in [0, 0.1) is 0 Å². The zero-order valence-corrected chi connectivity index (χ0v) is 18.5. The molecular weight excluding hydrogens is 473 g/mol. The number of ether oxygens (including phenoxy) is 2. The van der Waals surface area contributed by atoms with Crippen molar-refractivity contribution in [2.24, 2.45) is 7.05 Å². The number of hydrogen-bond acceptors (Lipinski definition) is 9. The van der Waals surface area contributed by atoms with E-state index in [1.54, 1.807) is 25.1 Å². The second-order valence-corrected chi connectivity index (χ2v) is 7.85. The van der Waals surface area contributed by atoms with E-state index in [4.69, 9.17) is 9.47 Å². The molecule has 3 aromatic heterocycles. The summed E-state index contributed by atoms with van der Waals surface area (Å²) in [6, 6.07) is 6.73. The van der Waals surface area contributed by atoms with E-state index in [-0.39, 0.29) is 30.4 Å². The van der Waals surface area contributed by atoms with E-state index in [0.717, 1.165) is 6.07 Å². The number of halogens is 3. The molecule has 0 bridgehead atoms.